The van der Waals surface area contributed by atoms with Crippen molar-refractivity contribution >= 4 is 29.9 Å². The van der Waals surface area contributed by atoms with Crippen LogP contribution in [0.25, 0.3) is 0 Å². The van der Waals surface area contributed by atoms with Crippen molar-refractivity contribution in [1.82, 2.24) is 14.7 Å². The normalized spacial score (nSPS) is 14.9. The maximum Gasteiger partial charge on any atom is 0.410 e. The number of benzene rings is 1. The molecule has 28 heavy (non-hydrogen) atoms. The summed E-state index contributed by atoms with van der Waals surface area (Å²) < 4.78 is 5.16. The first-order valence-electron chi connectivity index (χ1n) is 9.14. The van der Waals surface area contributed by atoms with Gasteiger partial charge in [0.15, 0.2) is 0 Å². The molecule has 0 saturated carbocycles. The number of thioether (sulfide) groups is 1. The van der Waals surface area contributed by atoms with E-state index in [0.29, 0.717) is 6.54 Å². The standard InChI is InChI=1S/C19H27N3O5S/c1-20(18(25)22-10-12-28-13-11-22)8-9-21(2)19(26)27-16(17(23)24)14-15-6-4-3-5-7-15/h3-7,16H,8-14H2,1-2H3,(H,23,24). The minimum Gasteiger partial charge on any atom is -0.478 e. The van der Waals surface area contributed by atoms with Gasteiger partial charge in [-0.25, -0.2) is 14.4 Å². The Morgan fingerprint density at radius 1 is 1.11 bits per heavy atom. The van der Waals surface area contributed by atoms with Gasteiger partial charge in [0.2, 0.25) is 6.10 Å². The fourth-order valence-electron chi connectivity index (χ4n) is 2.70. The molecule has 0 radical (unpaired) electrons. The number of aliphatic carboxylic acids is 1. The second kappa shape index (κ2) is 10.8. The quantitative estimate of drug-likeness (QED) is 0.739. The number of carboxylic acids is 1. The first-order chi connectivity index (χ1) is 13.4. The Balaban J connectivity index is 1.81. The third kappa shape index (κ3) is 6.63. The van der Waals surface area contributed by atoms with Gasteiger partial charge in [0.05, 0.1) is 0 Å². The van der Waals surface area contributed by atoms with Crippen LogP contribution in [0.3, 0.4) is 0 Å². The van der Waals surface area contributed by atoms with Gasteiger partial charge in [-0.2, -0.15) is 11.8 Å². The number of hydrogen-bond acceptors (Lipinski definition) is 5. The summed E-state index contributed by atoms with van der Waals surface area (Å²) in [5.74, 6) is 0.675. The molecule has 0 bridgehead atoms. The lowest BCUT2D eigenvalue weighted by molar-refractivity contribution is -0.147. The van der Waals surface area contributed by atoms with Crippen LogP contribution in [0.4, 0.5) is 9.59 Å². The number of rotatable bonds is 7. The molecular formula is C19H27N3O5S. The van der Waals surface area contributed by atoms with Crippen LogP contribution in [0.2, 0.25) is 0 Å². The lowest BCUT2D eigenvalue weighted by atomic mass is 10.1. The van der Waals surface area contributed by atoms with E-state index < -0.39 is 18.2 Å². The smallest absolute Gasteiger partial charge is 0.410 e. The molecule has 1 saturated heterocycles. The molecule has 0 aliphatic carbocycles. The van der Waals surface area contributed by atoms with E-state index in [4.69, 9.17) is 4.74 Å². The van der Waals surface area contributed by atoms with Crippen molar-refractivity contribution in [2.24, 2.45) is 0 Å². The highest BCUT2D eigenvalue weighted by Gasteiger charge is 2.25. The molecule has 1 atom stereocenters. The Morgan fingerprint density at radius 2 is 1.71 bits per heavy atom. The minimum atomic E-state index is -1.26. The molecule has 1 aliphatic rings. The Kier molecular flexibility index (Phi) is 8.43. The van der Waals surface area contributed by atoms with Crippen LogP contribution in [0.5, 0.6) is 0 Å². The lowest BCUT2D eigenvalue weighted by Gasteiger charge is -2.31. The molecule has 1 heterocycles. The third-order valence-electron chi connectivity index (χ3n) is 4.47. The van der Waals surface area contributed by atoms with E-state index in [-0.39, 0.29) is 19.0 Å². The van der Waals surface area contributed by atoms with Crippen molar-refractivity contribution < 1.29 is 24.2 Å². The molecule has 9 heteroatoms. The fourth-order valence-corrected chi connectivity index (χ4v) is 3.61. The number of carbonyl (C=O) groups is 3. The van der Waals surface area contributed by atoms with Gasteiger partial charge in [0.1, 0.15) is 0 Å². The zero-order valence-corrected chi connectivity index (χ0v) is 17.1. The lowest BCUT2D eigenvalue weighted by Crippen LogP contribution is -2.47. The summed E-state index contributed by atoms with van der Waals surface area (Å²) in [6.45, 7) is 2.04. The van der Waals surface area contributed by atoms with Crippen LogP contribution >= 0.6 is 11.8 Å². The molecule has 8 nitrogen and oxygen atoms in total. The van der Waals surface area contributed by atoms with E-state index in [1.807, 2.05) is 17.8 Å². The summed E-state index contributed by atoms with van der Waals surface area (Å²) in [7, 11) is 3.22. The Morgan fingerprint density at radius 3 is 2.32 bits per heavy atom. The Bertz CT molecular complexity index is 667. The van der Waals surface area contributed by atoms with Gasteiger partial charge in [0.25, 0.3) is 0 Å². The van der Waals surface area contributed by atoms with Crippen LogP contribution in [-0.4, -0.2) is 95.8 Å². The topological polar surface area (TPSA) is 90.4 Å². The maximum absolute atomic E-state index is 12.4. The third-order valence-corrected chi connectivity index (χ3v) is 5.42. The van der Waals surface area contributed by atoms with Crippen molar-refractivity contribution in [2.75, 3.05) is 51.8 Å². The number of nitrogens with zero attached hydrogens (tertiary/aromatic N) is 3. The van der Waals surface area contributed by atoms with Crippen molar-refractivity contribution in [3.63, 3.8) is 0 Å². The second-order valence-corrected chi connectivity index (χ2v) is 7.85. The maximum atomic E-state index is 12.4. The van der Waals surface area contributed by atoms with E-state index in [0.717, 1.165) is 30.2 Å². The van der Waals surface area contributed by atoms with Crippen molar-refractivity contribution in [3.8, 4) is 0 Å². The highest BCUT2D eigenvalue weighted by molar-refractivity contribution is 7.99. The van der Waals surface area contributed by atoms with Crippen molar-refractivity contribution in [2.45, 2.75) is 12.5 Å². The molecular weight excluding hydrogens is 382 g/mol. The first kappa shape index (κ1) is 21.9. The highest BCUT2D eigenvalue weighted by atomic mass is 32.2. The van der Waals surface area contributed by atoms with E-state index in [9.17, 15) is 19.5 Å². The molecule has 0 aromatic heterocycles. The monoisotopic (exact) mass is 409 g/mol. The molecule has 1 aromatic rings. The average Bonchev–Trinajstić information content (AvgIpc) is 2.71. The van der Waals surface area contributed by atoms with Crippen LogP contribution < -0.4 is 0 Å². The molecule has 1 aromatic carbocycles. The van der Waals surface area contributed by atoms with Crippen LogP contribution in [0.1, 0.15) is 5.56 Å². The number of urea groups is 1. The van der Waals surface area contributed by atoms with Gasteiger partial charge in [-0.3, -0.25) is 0 Å². The number of ether oxygens (including phenoxy) is 1. The molecule has 1 aliphatic heterocycles. The molecule has 1 fully saturated rings. The summed E-state index contributed by atoms with van der Waals surface area (Å²) in [6.07, 6.45) is -1.89. The Hall–Kier alpha value is -2.42. The Labute approximate surface area is 169 Å². The summed E-state index contributed by atoms with van der Waals surface area (Å²) in [5.41, 5.74) is 0.773. The van der Waals surface area contributed by atoms with Gasteiger partial charge in [0, 0.05) is 58.2 Å². The summed E-state index contributed by atoms with van der Waals surface area (Å²) in [4.78, 5) is 40.7. The zero-order chi connectivity index (χ0) is 20.5. The first-order valence-corrected chi connectivity index (χ1v) is 10.3. The van der Waals surface area contributed by atoms with Gasteiger partial charge in [-0.05, 0) is 5.56 Å². The molecule has 1 N–H and O–H groups in total. The van der Waals surface area contributed by atoms with E-state index >= 15 is 0 Å². The predicted octanol–water partition coefficient (Wildman–Crippen LogP) is 1.85. The molecule has 3 amide bonds. The number of amides is 3. The number of likely N-dealkylation sites (N-methyl/N-ethyl adjacent to an activating group) is 2. The largest absolute Gasteiger partial charge is 0.478 e. The van der Waals surface area contributed by atoms with Gasteiger partial charge < -0.3 is 24.5 Å². The summed E-state index contributed by atoms with van der Waals surface area (Å²) in [5, 5.41) is 9.34. The zero-order valence-electron chi connectivity index (χ0n) is 16.2. The summed E-state index contributed by atoms with van der Waals surface area (Å²) in [6, 6.07) is 8.95. The summed E-state index contributed by atoms with van der Waals surface area (Å²) >= 11 is 1.83. The van der Waals surface area contributed by atoms with Gasteiger partial charge in [-0.15, -0.1) is 0 Å². The molecule has 1 unspecified atom stereocenters. The van der Waals surface area contributed by atoms with Crippen LogP contribution in [-0.2, 0) is 16.0 Å². The van der Waals surface area contributed by atoms with Crippen LogP contribution in [0.15, 0.2) is 30.3 Å². The number of carboxylic acid groups (broad SMARTS) is 1. The second-order valence-electron chi connectivity index (χ2n) is 6.63. The fraction of sp³-hybridized carbons (Fsp3) is 0.526. The van der Waals surface area contributed by atoms with Gasteiger partial charge in [-0.1, -0.05) is 30.3 Å². The van der Waals surface area contributed by atoms with Crippen molar-refractivity contribution in [3.05, 3.63) is 35.9 Å². The molecule has 0 spiro atoms. The average molecular weight is 410 g/mol. The van der Waals surface area contributed by atoms with E-state index in [2.05, 4.69) is 0 Å². The number of carbonyl (C=O) groups excluding carboxylic acids is 2. The minimum absolute atomic E-state index is 0.0606. The van der Waals surface area contributed by atoms with Crippen LogP contribution in [0, 0.1) is 0 Å². The SMILES string of the molecule is CN(CCN(C)C(=O)N1CCSCC1)C(=O)OC(Cc1ccccc1)C(=O)O. The highest BCUT2D eigenvalue weighted by Crippen LogP contribution is 2.11. The predicted molar refractivity (Wildman–Crippen MR) is 108 cm³/mol. The van der Waals surface area contributed by atoms with Gasteiger partial charge >= 0.3 is 18.1 Å². The molecule has 2 rings (SSSR count). The van der Waals surface area contributed by atoms with E-state index in [1.54, 1.807) is 41.1 Å². The number of hydrogen-bond donors (Lipinski definition) is 1. The van der Waals surface area contributed by atoms with E-state index in [1.165, 1.54) is 11.9 Å². The van der Waals surface area contributed by atoms with Crippen molar-refractivity contribution in [1.29, 1.82) is 0 Å². The molecule has 154 valence electrons.